The van der Waals surface area contributed by atoms with Crippen LogP contribution in [-0.2, 0) is 0 Å². The number of hydrogen-bond donors (Lipinski definition) is 2. The van der Waals surface area contributed by atoms with Crippen molar-refractivity contribution in [2.75, 3.05) is 6.54 Å². The zero-order valence-electron chi connectivity index (χ0n) is 9.39. The molecule has 3 nitrogen and oxygen atoms in total. The predicted octanol–water partition coefficient (Wildman–Crippen LogP) is 3.49. The van der Waals surface area contributed by atoms with Gasteiger partial charge in [0.05, 0.1) is 10.0 Å². The van der Waals surface area contributed by atoms with Gasteiger partial charge in [0.1, 0.15) is 11.9 Å². The molecule has 0 aliphatic carbocycles. The Kier molecular flexibility index (Phi) is 4.39. The summed E-state index contributed by atoms with van der Waals surface area (Å²) in [7, 11) is 0. The first-order valence-corrected chi connectivity index (χ1v) is 6.98. The van der Waals surface area contributed by atoms with Crippen molar-refractivity contribution in [1.29, 1.82) is 0 Å². The van der Waals surface area contributed by atoms with Gasteiger partial charge in [-0.2, -0.15) is 0 Å². The Morgan fingerprint density at radius 1 is 1.47 bits per heavy atom. The number of rotatable bonds is 5. The van der Waals surface area contributed by atoms with Crippen LogP contribution < -0.4 is 5.32 Å². The molecule has 2 atom stereocenters. The third kappa shape index (κ3) is 3.42. The monoisotopic (exact) mass is 315 g/mol. The number of nitrogens with one attached hydrogen (secondary N) is 1. The topological polar surface area (TPSA) is 45.4 Å². The maximum Gasteiger partial charge on any atom is 0.133 e. The molecule has 2 aromatic rings. The molecule has 92 valence electrons. The number of halogens is 1. The number of furan rings is 1. The van der Waals surface area contributed by atoms with Gasteiger partial charge in [0.25, 0.3) is 0 Å². The Morgan fingerprint density at radius 3 is 2.88 bits per heavy atom. The summed E-state index contributed by atoms with van der Waals surface area (Å²) in [4.78, 5) is 1.24. The molecule has 2 unspecified atom stereocenters. The quantitative estimate of drug-likeness (QED) is 0.887. The summed E-state index contributed by atoms with van der Waals surface area (Å²) in [6.45, 7) is 2.55. The van der Waals surface area contributed by atoms with Gasteiger partial charge < -0.3 is 14.8 Å². The number of thiophene rings is 1. The SMILES string of the molecule is CC(NCC(O)c1ccco1)c1ccc(Br)s1. The van der Waals surface area contributed by atoms with E-state index in [0.29, 0.717) is 12.3 Å². The summed E-state index contributed by atoms with van der Waals surface area (Å²) >= 11 is 5.13. The summed E-state index contributed by atoms with van der Waals surface area (Å²) in [5.41, 5.74) is 0. The van der Waals surface area contributed by atoms with E-state index in [2.05, 4.69) is 34.2 Å². The van der Waals surface area contributed by atoms with Crippen LogP contribution in [0.4, 0.5) is 0 Å². The van der Waals surface area contributed by atoms with Gasteiger partial charge in [-0.25, -0.2) is 0 Å². The fraction of sp³-hybridized carbons (Fsp3) is 0.333. The Labute approximate surface area is 113 Å². The molecular formula is C12H14BrNO2S. The van der Waals surface area contributed by atoms with Crippen molar-refractivity contribution < 1.29 is 9.52 Å². The summed E-state index contributed by atoms with van der Waals surface area (Å²) in [6.07, 6.45) is 0.967. The molecule has 0 aliphatic rings. The van der Waals surface area contributed by atoms with Crippen molar-refractivity contribution in [3.8, 4) is 0 Å². The second kappa shape index (κ2) is 5.82. The summed E-state index contributed by atoms with van der Waals surface area (Å²) in [6, 6.07) is 7.88. The molecular weight excluding hydrogens is 302 g/mol. The molecule has 5 heteroatoms. The molecule has 2 aromatic heterocycles. The van der Waals surface area contributed by atoms with Crippen LogP contribution in [0.3, 0.4) is 0 Å². The number of aliphatic hydroxyl groups excluding tert-OH is 1. The van der Waals surface area contributed by atoms with Crippen LogP contribution in [-0.4, -0.2) is 11.7 Å². The van der Waals surface area contributed by atoms with Gasteiger partial charge in [-0.3, -0.25) is 0 Å². The lowest BCUT2D eigenvalue weighted by Gasteiger charge is -2.14. The highest BCUT2D eigenvalue weighted by Crippen LogP contribution is 2.27. The van der Waals surface area contributed by atoms with Crippen molar-refractivity contribution in [3.05, 3.63) is 45.0 Å². The van der Waals surface area contributed by atoms with E-state index in [1.165, 1.54) is 4.88 Å². The first kappa shape index (κ1) is 12.8. The minimum Gasteiger partial charge on any atom is -0.467 e. The van der Waals surface area contributed by atoms with E-state index < -0.39 is 6.10 Å². The zero-order valence-corrected chi connectivity index (χ0v) is 11.8. The molecule has 0 fully saturated rings. The first-order valence-electron chi connectivity index (χ1n) is 5.37. The first-order chi connectivity index (χ1) is 8.16. The Bertz CT molecular complexity index is 455. The molecule has 0 bridgehead atoms. The third-order valence-electron chi connectivity index (χ3n) is 2.51. The molecule has 17 heavy (non-hydrogen) atoms. The van der Waals surface area contributed by atoms with Crippen molar-refractivity contribution in [1.82, 2.24) is 5.32 Å². The molecule has 0 aromatic carbocycles. The predicted molar refractivity (Wildman–Crippen MR) is 72.1 cm³/mol. The zero-order chi connectivity index (χ0) is 12.3. The fourth-order valence-electron chi connectivity index (χ4n) is 1.53. The molecule has 0 radical (unpaired) electrons. The van der Waals surface area contributed by atoms with Crippen LogP contribution >= 0.6 is 27.3 Å². The van der Waals surface area contributed by atoms with Crippen molar-refractivity contribution in [3.63, 3.8) is 0 Å². The fourth-order valence-corrected chi connectivity index (χ4v) is 2.98. The van der Waals surface area contributed by atoms with Crippen LogP contribution in [0.5, 0.6) is 0 Å². The normalized spacial score (nSPS) is 14.8. The summed E-state index contributed by atoms with van der Waals surface area (Å²) in [5, 5.41) is 13.1. The average molecular weight is 316 g/mol. The minimum absolute atomic E-state index is 0.218. The van der Waals surface area contributed by atoms with E-state index in [1.54, 1.807) is 29.7 Å². The van der Waals surface area contributed by atoms with E-state index in [-0.39, 0.29) is 6.04 Å². The Morgan fingerprint density at radius 2 is 2.29 bits per heavy atom. The van der Waals surface area contributed by atoms with Gasteiger partial charge in [0.15, 0.2) is 0 Å². The standard InChI is InChI=1S/C12H14BrNO2S/c1-8(11-4-5-12(13)17-11)14-7-9(15)10-3-2-6-16-10/h2-6,8-9,14-15H,7H2,1H3. The lowest BCUT2D eigenvalue weighted by atomic mass is 10.2. The second-order valence-electron chi connectivity index (χ2n) is 3.80. The van der Waals surface area contributed by atoms with E-state index in [9.17, 15) is 5.11 Å². The van der Waals surface area contributed by atoms with Crippen LogP contribution in [0.2, 0.25) is 0 Å². The lowest BCUT2D eigenvalue weighted by molar-refractivity contribution is 0.144. The van der Waals surface area contributed by atoms with Gasteiger partial charge >= 0.3 is 0 Å². The van der Waals surface area contributed by atoms with Gasteiger partial charge in [0.2, 0.25) is 0 Å². The van der Waals surface area contributed by atoms with Gasteiger partial charge in [-0.05, 0) is 47.1 Å². The van der Waals surface area contributed by atoms with Gasteiger partial charge in [-0.1, -0.05) is 0 Å². The minimum atomic E-state index is -0.601. The Hall–Kier alpha value is -0.620. The molecule has 0 saturated heterocycles. The van der Waals surface area contributed by atoms with E-state index in [0.717, 1.165) is 3.79 Å². The molecule has 0 aliphatic heterocycles. The van der Waals surface area contributed by atoms with Crippen LogP contribution in [0, 0.1) is 0 Å². The molecule has 0 amide bonds. The van der Waals surface area contributed by atoms with Crippen molar-refractivity contribution in [2.45, 2.75) is 19.1 Å². The van der Waals surface area contributed by atoms with Crippen molar-refractivity contribution >= 4 is 27.3 Å². The van der Waals surface area contributed by atoms with E-state index in [4.69, 9.17) is 4.42 Å². The lowest BCUT2D eigenvalue weighted by Crippen LogP contribution is -2.23. The Balaban J connectivity index is 1.86. The summed E-state index contributed by atoms with van der Waals surface area (Å²) in [5.74, 6) is 0.595. The van der Waals surface area contributed by atoms with E-state index >= 15 is 0 Å². The van der Waals surface area contributed by atoms with Gasteiger partial charge in [0, 0.05) is 17.5 Å². The van der Waals surface area contributed by atoms with Gasteiger partial charge in [-0.15, -0.1) is 11.3 Å². The highest BCUT2D eigenvalue weighted by molar-refractivity contribution is 9.11. The largest absolute Gasteiger partial charge is 0.467 e. The highest BCUT2D eigenvalue weighted by atomic mass is 79.9. The molecule has 2 rings (SSSR count). The number of hydrogen-bond acceptors (Lipinski definition) is 4. The van der Waals surface area contributed by atoms with E-state index in [1.807, 2.05) is 6.07 Å². The molecule has 2 N–H and O–H groups in total. The maximum atomic E-state index is 9.85. The molecule has 0 spiro atoms. The second-order valence-corrected chi connectivity index (χ2v) is 6.30. The molecule has 2 heterocycles. The van der Waals surface area contributed by atoms with Crippen LogP contribution in [0.15, 0.2) is 38.7 Å². The van der Waals surface area contributed by atoms with Crippen molar-refractivity contribution in [2.24, 2.45) is 0 Å². The number of aliphatic hydroxyl groups is 1. The van der Waals surface area contributed by atoms with Crippen LogP contribution in [0.1, 0.15) is 29.7 Å². The summed E-state index contributed by atoms with van der Waals surface area (Å²) < 4.78 is 6.26. The highest BCUT2D eigenvalue weighted by Gasteiger charge is 2.13. The average Bonchev–Trinajstić information content (AvgIpc) is 2.95. The third-order valence-corrected chi connectivity index (χ3v) is 4.32. The van der Waals surface area contributed by atoms with Crippen LogP contribution in [0.25, 0.3) is 0 Å². The smallest absolute Gasteiger partial charge is 0.133 e. The molecule has 0 saturated carbocycles. The maximum absolute atomic E-state index is 9.85.